The number of aryl methyl sites for hydroxylation is 1. The van der Waals surface area contributed by atoms with Gasteiger partial charge < -0.3 is 9.88 Å². The number of carbonyl (C=O) groups excluding carboxylic acids is 1. The zero-order chi connectivity index (χ0) is 17.6. The van der Waals surface area contributed by atoms with E-state index >= 15 is 0 Å². The molecule has 1 heterocycles. The van der Waals surface area contributed by atoms with Crippen LogP contribution in [0, 0.1) is 0 Å². The zero-order valence-electron chi connectivity index (χ0n) is 13.5. The Balaban J connectivity index is 1.71. The van der Waals surface area contributed by atoms with Crippen molar-refractivity contribution >= 4 is 41.0 Å². The van der Waals surface area contributed by atoms with Gasteiger partial charge in [-0.2, -0.15) is 0 Å². The van der Waals surface area contributed by atoms with Gasteiger partial charge in [0.1, 0.15) is 0 Å². The van der Waals surface area contributed by atoms with Crippen LogP contribution in [0.5, 0.6) is 0 Å². The summed E-state index contributed by atoms with van der Waals surface area (Å²) in [5.41, 5.74) is 1.66. The molecule has 126 valence electrons. The first-order valence-electron chi connectivity index (χ1n) is 7.60. The molecule has 1 amide bonds. The number of amides is 1. The minimum atomic E-state index is -0.192. The largest absolute Gasteiger partial charge is 0.329 e. The van der Waals surface area contributed by atoms with Crippen LogP contribution in [0.3, 0.4) is 0 Å². The van der Waals surface area contributed by atoms with E-state index in [-0.39, 0.29) is 5.91 Å². The number of para-hydroxylation sites is 1. The molecule has 0 bridgehead atoms. The molecule has 6 heteroatoms. The monoisotopic (exact) mass is 369 g/mol. The van der Waals surface area contributed by atoms with E-state index in [0.29, 0.717) is 5.02 Å². The first-order chi connectivity index (χ1) is 12.1. The van der Waals surface area contributed by atoms with Crippen molar-refractivity contribution in [2.24, 2.45) is 7.05 Å². The number of halogens is 1. The summed E-state index contributed by atoms with van der Waals surface area (Å²) in [6, 6.07) is 15.0. The third kappa shape index (κ3) is 4.75. The van der Waals surface area contributed by atoms with Gasteiger partial charge in [-0.15, -0.1) is 0 Å². The number of benzene rings is 2. The molecular formula is C19H16ClN3OS. The molecule has 0 aliphatic carbocycles. The third-order valence-corrected chi connectivity index (χ3v) is 4.82. The Kier molecular flexibility index (Phi) is 5.58. The SMILES string of the molecule is Cn1ccnc1Sc1ccccc1NC(=O)/C=C\c1ccc(Cl)cc1. The average molecular weight is 370 g/mol. The van der Waals surface area contributed by atoms with Crippen molar-refractivity contribution in [1.29, 1.82) is 0 Å². The minimum absolute atomic E-state index is 0.192. The molecule has 0 saturated heterocycles. The van der Waals surface area contributed by atoms with Crippen LogP contribution in [0.2, 0.25) is 5.02 Å². The number of aromatic nitrogens is 2. The van der Waals surface area contributed by atoms with Crippen molar-refractivity contribution in [2.75, 3.05) is 5.32 Å². The standard InChI is InChI=1S/C19H16ClN3OS/c1-23-13-12-21-19(23)25-17-5-3-2-4-16(17)22-18(24)11-8-14-6-9-15(20)10-7-14/h2-13H,1H3,(H,22,24)/b11-8-. The van der Waals surface area contributed by atoms with Crippen LogP contribution in [0.4, 0.5) is 5.69 Å². The molecule has 0 unspecified atom stereocenters. The molecule has 0 aliphatic heterocycles. The minimum Gasteiger partial charge on any atom is -0.329 e. The number of nitrogens with one attached hydrogen (secondary N) is 1. The highest BCUT2D eigenvalue weighted by Gasteiger charge is 2.08. The van der Waals surface area contributed by atoms with Crippen molar-refractivity contribution in [3.05, 3.63) is 77.6 Å². The van der Waals surface area contributed by atoms with E-state index < -0.39 is 0 Å². The molecule has 0 aliphatic rings. The molecule has 0 fully saturated rings. The predicted octanol–water partition coefficient (Wildman–Crippen LogP) is 4.88. The van der Waals surface area contributed by atoms with Gasteiger partial charge in [-0.05, 0) is 47.7 Å². The lowest BCUT2D eigenvalue weighted by Gasteiger charge is -2.09. The van der Waals surface area contributed by atoms with E-state index in [1.54, 1.807) is 24.4 Å². The van der Waals surface area contributed by atoms with E-state index in [1.165, 1.54) is 17.8 Å². The van der Waals surface area contributed by atoms with Crippen molar-refractivity contribution in [1.82, 2.24) is 9.55 Å². The van der Waals surface area contributed by atoms with Crippen LogP contribution >= 0.6 is 23.4 Å². The second-order valence-corrected chi connectivity index (χ2v) is 6.74. The van der Waals surface area contributed by atoms with Crippen molar-refractivity contribution in [2.45, 2.75) is 10.1 Å². The maximum absolute atomic E-state index is 12.2. The Morgan fingerprint density at radius 1 is 1.20 bits per heavy atom. The molecule has 1 N–H and O–H groups in total. The van der Waals surface area contributed by atoms with Crippen molar-refractivity contribution < 1.29 is 4.79 Å². The highest BCUT2D eigenvalue weighted by Crippen LogP contribution is 2.32. The Hall–Kier alpha value is -2.50. The topological polar surface area (TPSA) is 46.9 Å². The second kappa shape index (κ2) is 8.05. The Labute approximate surface area is 155 Å². The summed E-state index contributed by atoms with van der Waals surface area (Å²) in [5, 5.41) is 4.44. The van der Waals surface area contributed by atoms with Gasteiger partial charge in [-0.1, -0.05) is 35.9 Å². The summed E-state index contributed by atoms with van der Waals surface area (Å²) in [4.78, 5) is 17.5. The van der Waals surface area contributed by atoms with E-state index in [1.807, 2.05) is 54.2 Å². The summed E-state index contributed by atoms with van der Waals surface area (Å²) in [6.45, 7) is 0. The number of imidazole rings is 1. The van der Waals surface area contributed by atoms with Gasteiger partial charge in [-0.3, -0.25) is 4.79 Å². The third-order valence-electron chi connectivity index (χ3n) is 3.42. The van der Waals surface area contributed by atoms with Crippen LogP contribution in [0.15, 0.2) is 77.1 Å². The van der Waals surface area contributed by atoms with E-state index in [4.69, 9.17) is 11.6 Å². The van der Waals surface area contributed by atoms with E-state index in [0.717, 1.165) is 21.3 Å². The number of carbonyl (C=O) groups is 1. The smallest absolute Gasteiger partial charge is 0.248 e. The van der Waals surface area contributed by atoms with Crippen molar-refractivity contribution in [3.63, 3.8) is 0 Å². The number of hydrogen-bond acceptors (Lipinski definition) is 3. The quantitative estimate of drug-likeness (QED) is 0.652. The zero-order valence-corrected chi connectivity index (χ0v) is 15.1. The highest BCUT2D eigenvalue weighted by atomic mass is 35.5. The average Bonchev–Trinajstić information content (AvgIpc) is 3.01. The molecular weight excluding hydrogens is 354 g/mol. The summed E-state index contributed by atoms with van der Waals surface area (Å²) in [7, 11) is 1.94. The molecule has 25 heavy (non-hydrogen) atoms. The Morgan fingerprint density at radius 3 is 2.68 bits per heavy atom. The lowest BCUT2D eigenvalue weighted by Crippen LogP contribution is -2.08. The normalized spacial score (nSPS) is 11.0. The first-order valence-corrected chi connectivity index (χ1v) is 8.80. The number of hydrogen-bond donors (Lipinski definition) is 1. The fourth-order valence-corrected chi connectivity index (χ4v) is 3.14. The van der Waals surface area contributed by atoms with Crippen molar-refractivity contribution in [3.8, 4) is 0 Å². The predicted molar refractivity (Wildman–Crippen MR) is 103 cm³/mol. The number of nitrogens with zero attached hydrogens (tertiary/aromatic N) is 2. The molecule has 0 radical (unpaired) electrons. The van der Waals surface area contributed by atoms with Gasteiger partial charge in [0.15, 0.2) is 5.16 Å². The Bertz CT molecular complexity index is 903. The van der Waals surface area contributed by atoms with Gasteiger partial charge in [-0.25, -0.2) is 4.98 Å². The number of rotatable bonds is 5. The summed E-state index contributed by atoms with van der Waals surface area (Å²) < 4.78 is 1.93. The first kappa shape index (κ1) is 17.3. The van der Waals surface area contributed by atoms with Crippen LogP contribution in [-0.4, -0.2) is 15.5 Å². The van der Waals surface area contributed by atoms with Gasteiger partial charge in [0.05, 0.1) is 5.69 Å². The van der Waals surface area contributed by atoms with E-state index in [2.05, 4.69) is 10.3 Å². The van der Waals surface area contributed by atoms with Crippen LogP contribution in [0.1, 0.15) is 5.56 Å². The maximum atomic E-state index is 12.2. The number of anilines is 1. The van der Waals surface area contributed by atoms with Crippen LogP contribution < -0.4 is 5.32 Å². The van der Waals surface area contributed by atoms with Gasteiger partial charge in [0.25, 0.3) is 0 Å². The highest BCUT2D eigenvalue weighted by molar-refractivity contribution is 7.99. The molecule has 4 nitrogen and oxygen atoms in total. The molecule has 0 spiro atoms. The van der Waals surface area contributed by atoms with Crippen LogP contribution in [0.25, 0.3) is 6.08 Å². The van der Waals surface area contributed by atoms with Gasteiger partial charge >= 0.3 is 0 Å². The fraction of sp³-hybridized carbons (Fsp3) is 0.0526. The fourth-order valence-electron chi connectivity index (χ4n) is 2.13. The molecule has 2 aromatic carbocycles. The molecule has 3 aromatic rings. The lowest BCUT2D eigenvalue weighted by atomic mass is 10.2. The maximum Gasteiger partial charge on any atom is 0.248 e. The van der Waals surface area contributed by atoms with Gasteiger partial charge in [0, 0.05) is 35.4 Å². The van der Waals surface area contributed by atoms with Crippen LogP contribution in [-0.2, 0) is 11.8 Å². The van der Waals surface area contributed by atoms with E-state index in [9.17, 15) is 4.79 Å². The summed E-state index contributed by atoms with van der Waals surface area (Å²) >= 11 is 7.36. The lowest BCUT2D eigenvalue weighted by molar-refractivity contribution is -0.111. The summed E-state index contributed by atoms with van der Waals surface area (Å²) in [6.07, 6.45) is 6.89. The Morgan fingerprint density at radius 2 is 1.96 bits per heavy atom. The molecule has 0 saturated carbocycles. The van der Waals surface area contributed by atoms with Gasteiger partial charge in [0.2, 0.25) is 5.91 Å². The molecule has 1 aromatic heterocycles. The second-order valence-electron chi connectivity index (χ2n) is 5.29. The summed E-state index contributed by atoms with van der Waals surface area (Å²) in [5.74, 6) is -0.192. The molecule has 3 rings (SSSR count). The molecule has 0 atom stereocenters.